The zero-order valence-corrected chi connectivity index (χ0v) is 20.4. The van der Waals surface area contributed by atoms with Crippen LogP contribution in [0.1, 0.15) is 81.1 Å². The van der Waals surface area contributed by atoms with Gasteiger partial charge in [0.1, 0.15) is 5.60 Å². The first kappa shape index (κ1) is 30.5. The Kier molecular flexibility index (Phi) is 17.4. The molecule has 1 aliphatic carbocycles. The SMILES string of the molecule is C=CC1=C(/C=C(\C)F)CC(NCC(O)CNC(=O)OC(C)(C)C)CCC1.CC.CC. The molecule has 0 bridgehead atoms. The van der Waals surface area contributed by atoms with E-state index in [1.54, 1.807) is 32.9 Å². The topological polar surface area (TPSA) is 70.6 Å². The summed E-state index contributed by atoms with van der Waals surface area (Å²) in [4.78, 5) is 11.6. The maximum atomic E-state index is 13.3. The van der Waals surface area contributed by atoms with Crippen LogP contribution in [-0.4, -0.2) is 42.0 Å². The molecule has 0 saturated heterocycles. The highest BCUT2D eigenvalue weighted by molar-refractivity contribution is 5.67. The third-order valence-electron chi connectivity index (χ3n) is 4.02. The number of alkyl carbamates (subject to hydrolysis) is 1. The number of carbonyl (C=O) groups is 1. The largest absolute Gasteiger partial charge is 0.444 e. The Balaban J connectivity index is 0. The van der Waals surface area contributed by atoms with E-state index in [1.807, 2.05) is 27.7 Å². The van der Waals surface area contributed by atoms with Crippen molar-refractivity contribution < 1.29 is 19.0 Å². The van der Waals surface area contributed by atoms with Crippen molar-refractivity contribution >= 4 is 6.09 Å². The Morgan fingerprint density at radius 1 is 1.27 bits per heavy atom. The average molecular weight is 429 g/mol. The highest BCUT2D eigenvalue weighted by atomic mass is 19.1. The van der Waals surface area contributed by atoms with E-state index in [2.05, 4.69) is 17.2 Å². The van der Waals surface area contributed by atoms with E-state index in [0.717, 1.165) is 30.4 Å². The van der Waals surface area contributed by atoms with Gasteiger partial charge in [-0.25, -0.2) is 9.18 Å². The van der Waals surface area contributed by atoms with E-state index in [-0.39, 0.29) is 18.4 Å². The van der Waals surface area contributed by atoms with Crippen molar-refractivity contribution in [1.82, 2.24) is 10.6 Å². The molecule has 5 nitrogen and oxygen atoms in total. The molecule has 3 N–H and O–H groups in total. The van der Waals surface area contributed by atoms with Crippen LogP contribution in [0.2, 0.25) is 0 Å². The molecule has 0 aliphatic heterocycles. The van der Waals surface area contributed by atoms with Gasteiger partial charge >= 0.3 is 6.09 Å². The Bertz CT molecular complexity index is 547. The van der Waals surface area contributed by atoms with E-state index in [1.165, 1.54) is 6.92 Å². The molecular formula is C24H45FN2O3. The minimum absolute atomic E-state index is 0.110. The summed E-state index contributed by atoms with van der Waals surface area (Å²) in [5, 5.41) is 16.0. The first-order chi connectivity index (χ1) is 14.1. The van der Waals surface area contributed by atoms with Gasteiger partial charge in [0.25, 0.3) is 0 Å². The first-order valence-corrected chi connectivity index (χ1v) is 11.2. The maximum Gasteiger partial charge on any atom is 0.407 e. The van der Waals surface area contributed by atoms with Gasteiger partial charge in [-0.15, -0.1) is 0 Å². The normalized spacial score (nSPS) is 18.1. The number of allylic oxidation sites excluding steroid dienone is 4. The Morgan fingerprint density at radius 2 is 1.87 bits per heavy atom. The second kappa shape index (κ2) is 17.1. The molecule has 0 heterocycles. The van der Waals surface area contributed by atoms with E-state index >= 15 is 0 Å². The molecule has 2 unspecified atom stereocenters. The fraction of sp³-hybridized carbons (Fsp3) is 0.708. The molecule has 1 amide bonds. The van der Waals surface area contributed by atoms with Crippen LogP contribution in [0.3, 0.4) is 0 Å². The van der Waals surface area contributed by atoms with Crippen molar-refractivity contribution in [3.05, 3.63) is 35.7 Å². The first-order valence-electron chi connectivity index (χ1n) is 11.2. The second-order valence-corrected chi connectivity index (χ2v) is 7.72. The molecule has 0 aromatic heterocycles. The summed E-state index contributed by atoms with van der Waals surface area (Å²) in [5.74, 6) is -0.221. The summed E-state index contributed by atoms with van der Waals surface area (Å²) in [6.07, 6.45) is 5.58. The lowest BCUT2D eigenvalue weighted by Crippen LogP contribution is -2.42. The third-order valence-corrected chi connectivity index (χ3v) is 4.02. The van der Waals surface area contributed by atoms with E-state index in [0.29, 0.717) is 13.0 Å². The van der Waals surface area contributed by atoms with Crippen molar-refractivity contribution in [1.29, 1.82) is 0 Å². The number of aliphatic hydroxyl groups is 1. The molecule has 0 radical (unpaired) electrons. The standard InChI is InChI=1S/C20H33FN2O3.2C2H6/c1-6-15-8-7-9-17(11-16(15)10-14(2)21)22-12-18(24)13-23-19(25)26-20(3,4)5;2*1-2/h6,10,17-18,22,24H,1,7-9,11-13H2,2-5H3,(H,23,25);2*1-2H3/b14-10+;;. The zero-order valence-electron chi connectivity index (χ0n) is 20.4. The van der Waals surface area contributed by atoms with Gasteiger partial charge in [0.05, 0.1) is 11.9 Å². The van der Waals surface area contributed by atoms with E-state index in [9.17, 15) is 14.3 Å². The fourth-order valence-corrected chi connectivity index (χ4v) is 2.89. The Morgan fingerprint density at radius 3 is 2.37 bits per heavy atom. The van der Waals surface area contributed by atoms with E-state index in [4.69, 9.17) is 4.74 Å². The number of carbonyl (C=O) groups excluding carboxylic acids is 1. The summed E-state index contributed by atoms with van der Waals surface area (Å²) in [6.45, 7) is 19.1. The minimum Gasteiger partial charge on any atom is -0.444 e. The van der Waals surface area contributed by atoms with Crippen LogP contribution >= 0.6 is 0 Å². The van der Waals surface area contributed by atoms with Gasteiger partial charge in [0.15, 0.2) is 0 Å². The summed E-state index contributed by atoms with van der Waals surface area (Å²) in [6, 6.07) is 0.147. The maximum absolute atomic E-state index is 13.3. The van der Waals surface area contributed by atoms with Crippen molar-refractivity contribution in [2.45, 2.75) is 98.8 Å². The lowest BCUT2D eigenvalue weighted by Gasteiger charge is -2.22. The van der Waals surface area contributed by atoms with Gasteiger partial charge in [0, 0.05) is 19.1 Å². The summed E-state index contributed by atoms with van der Waals surface area (Å²) >= 11 is 0. The van der Waals surface area contributed by atoms with Crippen LogP contribution in [0.5, 0.6) is 0 Å². The van der Waals surface area contributed by atoms with E-state index < -0.39 is 17.8 Å². The predicted molar refractivity (Wildman–Crippen MR) is 125 cm³/mol. The smallest absolute Gasteiger partial charge is 0.407 e. The lowest BCUT2D eigenvalue weighted by molar-refractivity contribution is 0.0491. The molecule has 2 atom stereocenters. The van der Waals surface area contributed by atoms with Gasteiger partial charge in [0.2, 0.25) is 0 Å². The summed E-state index contributed by atoms with van der Waals surface area (Å²) in [7, 11) is 0. The van der Waals surface area contributed by atoms with Crippen LogP contribution in [0.25, 0.3) is 0 Å². The predicted octanol–water partition coefficient (Wildman–Crippen LogP) is 5.81. The molecule has 0 aromatic carbocycles. The fourth-order valence-electron chi connectivity index (χ4n) is 2.89. The molecule has 6 heteroatoms. The van der Waals surface area contributed by atoms with Crippen LogP contribution in [0.15, 0.2) is 35.7 Å². The number of rotatable bonds is 7. The number of hydrogen-bond donors (Lipinski definition) is 3. The van der Waals surface area contributed by atoms with Crippen LogP contribution in [0, 0.1) is 0 Å². The third kappa shape index (κ3) is 15.2. The number of hydrogen-bond acceptors (Lipinski definition) is 4. The lowest BCUT2D eigenvalue weighted by atomic mass is 10.0. The van der Waals surface area contributed by atoms with Crippen molar-refractivity contribution in [3.63, 3.8) is 0 Å². The highest BCUT2D eigenvalue weighted by Gasteiger charge is 2.19. The molecule has 30 heavy (non-hydrogen) atoms. The number of ether oxygens (including phenoxy) is 1. The van der Waals surface area contributed by atoms with Crippen LogP contribution in [0.4, 0.5) is 9.18 Å². The highest BCUT2D eigenvalue weighted by Crippen LogP contribution is 2.26. The van der Waals surface area contributed by atoms with Crippen molar-refractivity contribution in [3.8, 4) is 0 Å². The molecule has 0 saturated carbocycles. The molecule has 0 aromatic rings. The number of aliphatic hydroxyl groups excluding tert-OH is 1. The molecule has 0 fully saturated rings. The quantitative estimate of drug-likeness (QED) is 0.478. The minimum atomic E-state index is -0.726. The molecule has 176 valence electrons. The Labute approximate surface area is 183 Å². The zero-order chi connectivity index (χ0) is 23.7. The molecule has 1 aliphatic rings. The van der Waals surface area contributed by atoms with Crippen molar-refractivity contribution in [2.24, 2.45) is 0 Å². The molecular weight excluding hydrogens is 383 g/mol. The number of amides is 1. The molecule has 1 rings (SSSR count). The Hall–Kier alpha value is -1.66. The van der Waals surface area contributed by atoms with Gasteiger partial charge in [-0.3, -0.25) is 0 Å². The average Bonchev–Trinajstić information content (AvgIpc) is 2.87. The van der Waals surface area contributed by atoms with Gasteiger partial charge in [-0.1, -0.05) is 40.3 Å². The van der Waals surface area contributed by atoms with Gasteiger partial charge in [-0.2, -0.15) is 0 Å². The van der Waals surface area contributed by atoms with Crippen LogP contribution < -0.4 is 10.6 Å². The summed E-state index contributed by atoms with van der Waals surface area (Å²) in [5.41, 5.74) is 1.47. The molecule has 0 spiro atoms. The summed E-state index contributed by atoms with van der Waals surface area (Å²) < 4.78 is 18.5. The van der Waals surface area contributed by atoms with Crippen LogP contribution in [-0.2, 0) is 4.74 Å². The van der Waals surface area contributed by atoms with Crippen molar-refractivity contribution in [2.75, 3.05) is 13.1 Å². The monoisotopic (exact) mass is 428 g/mol. The number of halogens is 1. The van der Waals surface area contributed by atoms with Gasteiger partial charge in [-0.05, 0) is 70.6 Å². The second-order valence-electron chi connectivity index (χ2n) is 7.72. The van der Waals surface area contributed by atoms with Gasteiger partial charge < -0.3 is 20.5 Å². The number of nitrogens with one attached hydrogen (secondary N) is 2.